The van der Waals surface area contributed by atoms with Crippen LogP contribution in [0.4, 0.5) is 14.6 Å². The Labute approximate surface area is 221 Å². The Kier molecular flexibility index (Phi) is 7.54. The Balaban J connectivity index is 1.32. The van der Waals surface area contributed by atoms with Crippen LogP contribution in [0.5, 0.6) is 0 Å². The van der Waals surface area contributed by atoms with Gasteiger partial charge in [-0.2, -0.15) is 0 Å². The number of nitrogens with zero attached hydrogens (tertiary/aromatic N) is 5. The number of hydrogen-bond acceptors (Lipinski definition) is 7. The molecule has 2 aromatic heterocycles. The number of aromatic nitrogens is 3. The lowest BCUT2D eigenvalue weighted by atomic mass is 9.85. The summed E-state index contributed by atoms with van der Waals surface area (Å²) in [7, 11) is 0. The standard InChI is InChI=1S/C28H34F2N6O2/c1-18-17-35(13-14-36(18)27(38)22-7-10-28(29,30)11-8-22)26-24-16-31-12-9-23(24)25(33-34-26)21-5-3-20(4-6-21)15-32-19(2)37/h3-6,9,12,16,18,22,27,38H,7-8,10-11,13-15,17H2,1-2H3,(H,32,37). The fraction of sp³-hybridized carbons (Fsp3) is 0.500. The Morgan fingerprint density at radius 1 is 1.13 bits per heavy atom. The lowest BCUT2D eigenvalue weighted by molar-refractivity contribution is -0.119. The van der Waals surface area contributed by atoms with E-state index in [1.54, 1.807) is 6.20 Å². The minimum atomic E-state index is -2.60. The lowest BCUT2D eigenvalue weighted by Crippen LogP contribution is -2.57. The van der Waals surface area contributed by atoms with Crippen LogP contribution in [0.15, 0.2) is 42.7 Å². The molecule has 1 aliphatic carbocycles. The van der Waals surface area contributed by atoms with Crippen LogP contribution in [-0.2, 0) is 11.3 Å². The molecule has 1 saturated carbocycles. The van der Waals surface area contributed by atoms with E-state index in [9.17, 15) is 18.7 Å². The Bertz CT molecular complexity index is 1280. The molecule has 8 nitrogen and oxygen atoms in total. The van der Waals surface area contributed by atoms with E-state index in [0.717, 1.165) is 33.4 Å². The van der Waals surface area contributed by atoms with Gasteiger partial charge in [0.25, 0.3) is 0 Å². The fourth-order valence-electron chi connectivity index (χ4n) is 5.63. The number of nitrogens with one attached hydrogen (secondary N) is 1. The van der Waals surface area contributed by atoms with Crippen LogP contribution in [0.1, 0.15) is 45.1 Å². The Morgan fingerprint density at radius 2 is 1.87 bits per heavy atom. The molecule has 2 atom stereocenters. The Hall–Kier alpha value is -3.24. The van der Waals surface area contributed by atoms with E-state index >= 15 is 0 Å². The number of hydrogen-bond donors (Lipinski definition) is 2. The highest BCUT2D eigenvalue weighted by molar-refractivity contribution is 5.99. The third-order valence-electron chi connectivity index (χ3n) is 7.83. The van der Waals surface area contributed by atoms with Crippen LogP contribution < -0.4 is 10.2 Å². The molecule has 2 N–H and O–H groups in total. The lowest BCUT2D eigenvalue weighted by Gasteiger charge is -2.45. The summed E-state index contributed by atoms with van der Waals surface area (Å²) in [6.07, 6.45) is 3.22. The molecule has 1 aromatic carbocycles. The van der Waals surface area contributed by atoms with Gasteiger partial charge in [-0.3, -0.25) is 14.7 Å². The van der Waals surface area contributed by atoms with E-state index in [2.05, 4.69) is 32.3 Å². The van der Waals surface area contributed by atoms with Gasteiger partial charge in [0.2, 0.25) is 11.8 Å². The molecule has 3 heterocycles. The van der Waals surface area contributed by atoms with Crippen molar-refractivity contribution in [1.82, 2.24) is 25.4 Å². The maximum atomic E-state index is 13.6. The third-order valence-corrected chi connectivity index (χ3v) is 7.83. The Morgan fingerprint density at radius 3 is 2.55 bits per heavy atom. The summed E-state index contributed by atoms with van der Waals surface area (Å²) >= 11 is 0. The van der Waals surface area contributed by atoms with E-state index in [-0.39, 0.29) is 30.7 Å². The maximum absolute atomic E-state index is 13.6. The van der Waals surface area contributed by atoms with Crippen LogP contribution in [0.2, 0.25) is 0 Å². The number of anilines is 1. The number of pyridine rings is 1. The number of alkyl halides is 2. The number of benzene rings is 1. The number of halogens is 2. The van der Waals surface area contributed by atoms with Crippen molar-refractivity contribution < 1.29 is 18.7 Å². The van der Waals surface area contributed by atoms with E-state index in [0.29, 0.717) is 39.0 Å². The zero-order chi connectivity index (χ0) is 26.9. The molecule has 1 saturated heterocycles. The molecule has 0 bridgehead atoms. The number of piperazine rings is 1. The molecule has 2 aliphatic rings. The number of aliphatic hydroxyl groups is 1. The summed E-state index contributed by atoms with van der Waals surface area (Å²) in [6.45, 7) is 5.90. The predicted molar refractivity (Wildman–Crippen MR) is 142 cm³/mol. The summed E-state index contributed by atoms with van der Waals surface area (Å²) in [6, 6.07) is 9.84. The molecule has 10 heteroatoms. The number of amides is 1. The van der Waals surface area contributed by atoms with Crippen molar-refractivity contribution in [2.75, 3.05) is 24.5 Å². The molecule has 2 fully saturated rings. The van der Waals surface area contributed by atoms with E-state index in [1.807, 2.05) is 41.4 Å². The van der Waals surface area contributed by atoms with Crippen LogP contribution >= 0.6 is 0 Å². The van der Waals surface area contributed by atoms with Crippen LogP contribution in [-0.4, -0.2) is 68.9 Å². The number of carbonyl (C=O) groups excluding carboxylic acids is 1. The minimum absolute atomic E-state index is 0.0190. The van der Waals surface area contributed by atoms with E-state index in [1.165, 1.54) is 6.92 Å². The molecule has 38 heavy (non-hydrogen) atoms. The van der Waals surface area contributed by atoms with Crippen molar-refractivity contribution >= 4 is 22.5 Å². The monoisotopic (exact) mass is 524 g/mol. The first kappa shape index (κ1) is 26.4. The smallest absolute Gasteiger partial charge is 0.248 e. The molecular formula is C28H34F2N6O2. The fourth-order valence-corrected chi connectivity index (χ4v) is 5.63. The predicted octanol–water partition coefficient (Wildman–Crippen LogP) is 3.98. The van der Waals surface area contributed by atoms with Crippen LogP contribution in [0.25, 0.3) is 22.0 Å². The van der Waals surface area contributed by atoms with Gasteiger partial charge in [-0.05, 0) is 37.3 Å². The first-order chi connectivity index (χ1) is 18.2. The highest BCUT2D eigenvalue weighted by atomic mass is 19.3. The summed E-state index contributed by atoms with van der Waals surface area (Å²) in [5, 5.41) is 24.9. The summed E-state index contributed by atoms with van der Waals surface area (Å²) in [5.74, 6) is -2.05. The SMILES string of the molecule is CC(=O)NCc1ccc(-c2nnc(N3CCN(C(O)C4CCC(F)(F)CC4)C(C)C3)c3cnccc23)cc1. The van der Waals surface area contributed by atoms with E-state index < -0.39 is 12.2 Å². The zero-order valence-corrected chi connectivity index (χ0v) is 21.8. The second kappa shape index (κ2) is 10.9. The normalized spacial score (nSPS) is 21.4. The zero-order valence-electron chi connectivity index (χ0n) is 21.8. The molecule has 1 amide bonds. The molecule has 3 aromatic rings. The van der Waals surface area contributed by atoms with Crippen LogP contribution in [0, 0.1) is 5.92 Å². The molecule has 0 radical (unpaired) electrons. The molecule has 2 unspecified atom stereocenters. The average Bonchev–Trinajstić information content (AvgIpc) is 2.91. The average molecular weight is 525 g/mol. The van der Waals surface area contributed by atoms with Gasteiger partial charge in [0.15, 0.2) is 5.82 Å². The quantitative estimate of drug-likeness (QED) is 0.504. The summed E-state index contributed by atoms with van der Waals surface area (Å²) < 4.78 is 27.2. The topological polar surface area (TPSA) is 94.5 Å². The van der Waals surface area contributed by atoms with Gasteiger partial charge in [-0.1, -0.05) is 24.3 Å². The van der Waals surface area contributed by atoms with Gasteiger partial charge in [0.05, 0.1) is 0 Å². The van der Waals surface area contributed by atoms with Gasteiger partial charge in [0.1, 0.15) is 11.9 Å². The molecule has 5 rings (SSSR count). The molecular weight excluding hydrogens is 490 g/mol. The number of fused-ring (bicyclic) bond motifs is 1. The van der Waals surface area contributed by atoms with Crippen molar-refractivity contribution in [2.45, 2.75) is 64.3 Å². The number of carbonyl (C=O) groups is 1. The van der Waals surface area contributed by atoms with Gasteiger partial charge in [-0.15, -0.1) is 10.2 Å². The number of rotatable bonds is 6. The molecule has 0 spiro atoms. The highest BCUT2D eigenvalue weighted by Crippen LogP contribution is 2.39. The molecule has 1 aliphatic heterocycles. The van der Waals surface area contributed by atoms with Crippen molar-refractivity contribution in [1.29, 1.82) is 0 Å². The first-order valence-electron chi connectivity index (χ1n) is 13.2. The van der Waals surface area contributed by atoms with E-state index in [4.69, 9.17) is 0 Å². The maximum Gasteiger partial charge on any atom is 0.248 e. The van der Waals surface area contributed by atoms with Crippen molar-refractivity contribution in [3.8, 4) is 11.3 Å². The van der Waals surface area contributed by atoms with Crippen molar-refractivity contribution in [2.24, 2.45) is 5.92 Å². The van der Waals surface area contributed by atoms with Crippen molar-refractivity contribution in [3.63, 3.8) is 0 Å². The largest absolute Gasteiger partial charge is 0.378 e. The van der Waals surface area contributed by atoms with Gasteiger partial charge < -0.3 is 15.3 Å². The number of aliphatic hydroxyl groups excluding tert-OH is 1. The second-order valence-corrected chi connectivity index (χ2v) is 10.5. The van der Waals surface area contributed by atoms with Crippen molar-refractivity contribution in [3.05, 3.63) is 48.3 Å². The van der Waals surface area contributed by atoms with Gasteiger partial charge >= 0.3 is 0 Å². The molecule has 202 valence electrons. The summed E-state index contributed by atoms with van der Waals surface area (Å²) in [5.41, 5.74) is 2.68. The third kappa shape index (κ3) is 5.61. The van der Waals surface area contributed by atoms with Gasteiger partial charge in [-0.25, -0.2) is 8.78 Å². The van der Waals surface area contributed by atoms with Gasteiger partial charge in [0, 0.05) is 80.7 Å². The minimum Gasteiger partial charge on any atom is -0.378 e. The second-order valence-electron chi connectivity index (χ2n) is 10.5. The van der Waals surface area contributed by atoms with Crippen LogP contribution in [0.3, 0.4) is 0 Å². The first-order valence-corrected chi connectivity index (χ1v) is 13.2. The highest BCUT2D eigenvalue weighted by Gasteiger charge is 2.40. The summed E-state index contributed by atoms with van der Waals surface area (Å²) in [4.78, 5) is 19.8.